The van der Waals surface area contributed by atoms with Gasteiger partial charge in [0.1, 0.15) is 11.1 Å². The molecule has 1 saturated heterocycles. The van der Waals surface area contributed by atoms with Gasteiger partial charge in [-0.25, -0.2) is 4.98 Å². The molecule has 3 heterocycles. The van der Waals surface area contributed by atoms with E-state index in [2.05, 4.69) is 20.5 Å². The summed E-state index contributed by atoms with van der Waals surface area (Å²) < 4.78 is 10.9. The zero-order valence-corrected chi connectivity index (χ0v) is 13.1. The number of hydrogen-bond donors (Lipinski definition) is 1. The van der Waals surface area contributed by atoms with E-state index in [-0.39, 0.29) is 6.10 Å². The summed E-state index contributed by atoms with van der Waals surface area (Å²) in [5.74, 6) is 1.13. The van der Waals surface area contributed by atoms with Crippen molar-refractivity contribution in [3.8, 4) is 5.75 Å². The maximum Gasteiger partial charge on any atom is 0.191 e. The van der Waals surface area contributed by atoms with Crippen LogP contribution < -0.4 is 10.1 Å². The Morgan fingerprint density at radius 2 is 2.43 bits per heavy atom. The van der Waals surface area contributed by atoms with Crippen molar-refractivity contribution in [2.45, 2.75) is 25.5 Å². The molecule has 2 aromatic rings. The maximum atomic E-state index is 5.79. The Hall–Kier alpha value is -1.44. The molecule has 0 aliphatic carbocycles. The minimum atomic E-state index is 0.161. The second kappa shape index (κ2) is 6.55. The molecule has 0 aromatic carbocycles. The minimum Gasteiger partial charge on any atom is -0.493 e. The Bertz CT molecular complexity index is 616. The molecule has 112 valence electrons. The molecule has 1 aliphatic rings. The van der Waals surface area contributed by atoms with E-state index in [9.17, 15) is 0 Å². The molecular weight excluding hydrogens is 312 g/mol. The van der Waals surface area contributed by atoms with Gasteiger partial charge in [0.05, 0.1) is 13.7 Å². The van der Waals surface area contributed by atoms with Gasteiger partial charge < -0.3 is 14.8 Å². The van der Waals surface area contributed by atoms with Crippen LogP contribution in [0.2, 0.25) is 5.15 Å². The van der Waals surface area contributed by atoms with Crippen LogP contribution in [0.4, 0.5) is 5.82 Å². The highest BCUT2D eigenvalue weighted by Gasteiger charge is 2.20. The number of nitrogens with one attached hydrogen (secondary N) is 1. The largest absolute Gasteiger partial charge is 0.493 e. The van der Waals surface area contributed by atoms with Gasteiger partial charge in [-0.3, -0.25) is 0 Å². The first-order valence-electron chi connectivity index (χ1n) is 6.63. The summed E-state index contributed by atoms with van der Waals surface area (Å²) in [6.07, 6.45) is 4.19. The third kappa shape index (κ3) is 3.42. The first kappa shape index (κ1) is 14.5. The maximum absolute atomic E-state index is 5.79. The first-order valence-corrected chi connectivity index (χ1v) is 7.83. The predicted molar refractivity (Wildman–Crippen MR) is 81.0 cm³/mol. The topological polar surface area (TPSA) is 69.2 Å². The Morgan fingerprint density at radius 3 is 3.19 bits per heavy atom. The van der Waals surface area contributed by atoms with Crippen LogP contribution in [0.5, 0.6) is 5.75 Å². The van der Waals surface area contributed by atoms with E-state index < -0.39 is 0 Å². The van der Waals surface area contributed by atoms with Gasteiger partial charge in [0, 0.05) is 23.7 Å². The van der Waals surface area contributed by atoms with E-state index >= 15 is 0 Å². The molecule has 3 rings (SSSR count). The molecule has 1 aliphatic heterocycles. The van der Waals surface area contributed by atoms with Crippen molar-refractivity contribution in [2.75, 3.05) is 19.0 Å². The normalized spacial score (nSPS) is 17.9. The van der Waals surface area contributed by atoms with Gasteiger partial charge >= 0.3 is 0 Å². The average molecular weight is 327 g/mol. The number of rotatable bonds is 5. The quantitative estimate of drug-likeness (QED) is 0.910. The number of anilines is 1. The molecule has 1 N–H and O–H groups in total. The summed E-state index contributed by atoms with van der Waals surface area (Å²) in [6.45, 7) is 1.44. The van der Waals surface area contributed by atoms with Crippen LogP contribution in [0.3, 0.4) is 0 Å². The number of ether oxygens (including phenoxy) is 2. The van der Waals surface area contributed by atoms with E-state index in [1.165, 1.54) is 0 Å². The van der Waals surface area contributed by atoms with Crippen LogP contribution in [-0.4, -0.2) is 28.9 Å². The van der Waals surface area contributed by atoms with Crippen LogP contribution >= 0.6 is 22.9 Å². The molecule has 21 heavy (non-hydrogen) atoms. The van der Waals surface area contributed by atoms with Crippen molar-refractivity contribution in [1.29, 1.82) is 0 Å². The monoisotopic (exact) mass is 326 g/mol. The van der Waals surface area contributed by atoms with Gasteiger partial charge in [-0.2, -0.15) is 0 Å². The van der Waals surface area contributed by atoms with Gasteiger partial charge in [-0.05, 0) is 12.8 Å². The summed E-state index contributed by atoms with van der Waals surface area (Å²) in [7, 11) is 1.57. The zero-order chi connectivity index (χ0) is 14.7. The second-order valence-electron chi connectivity index (χ2n) is 4.60. The molecule has 0 radical (unpaired) electrons. The number of nitrogens with zero attached hydrogens (tertiary/aromatic N) is 3. The van der Waals surface area contributed by atoms with Crippen molar-refractivity contribution < 1.29 is 9.47 Å². The molecule has 1 atom stereocenters. The van der Waals surface area contributed by atoms with Crippen molar-refractivity contribution in [1.82, 2.24) is 15.2 Å². The molecule has 6 nitrogen and oxygen atoms in total. The van der Waals surface area contributed by atoms with E-state index in [0.717, 1.165) is 29.3 Å². The van der Waals surface area contributed by atoms with Crippen molar-refractivity contribution in [3.63, 3.8) is 0 Å². The summed E-state index contributed by atoms with van der Waals surface area (Å²) in [6, 6.07) is 1.63. The van der Waals surface area contributed by atoms with Gasteiger partial charge in [-0.15, -0.1) is 21.5 Å². The number of methoxy groups -OCH3 is 1. The molecule has 0 saturated carbocycles. The van der Waals surface area contributed by atoms with Crippen LogP contribution in [0.1, 0.15) is 28.8 Å². The Labute approximate surface area is 131 Å². The zero-order valence-electron chi connectivity index (χ0n) is 11.5. The van der Waals surface area contributed by atoms with E-state index in [1.807, 2.05) is 6.20 Å². The number of aromatic nitrogens is 3. The molecule has 1 fully saturated rings. The Morgan fingerprint density at radius 1 is 1.52 bits per heavy atom. The average Bonchev–Trinajstić information content (AvgIpc) is 3.16. The summed E-state index contributed by atoms with van der Waals surface area (Å²) in [4.78, 5) is 5.54. The Kier molecular flexibility index (Phi) is 4.52. The van der Waals surface area contributed by atoms with Gasteiger partial charge in [-0.1, -0.05) is 11.6 Å². The van der Waals surface area contributed by atoms with E-state index in [4.69, 9.17) is 21.1 Å². The predicted octanol–water partition coefficient (Wildman–Crippen LogP) is 3.06. The SMILES string of the molecule is COc1cc(Cl)nnc1NCc1cnc([C@H]2CCCO2)s1. The lowest BCUT2D eigenvalue weighted by atomic mass is 10.2. The van der Waals surface area contributed by atoms with Crippen molar-refractivity contribution >= 4 is 28.8 Å². The third-order valence-corrected chi connectivity index (χ3v) is 4.43. The molecular formula is C13H15ClN4O2S. The fourth-order valence-electron chi connectivity index (χ4n) is 2.13. The molecule has 0 unspecified atom stereocenters. The molecule has 0 amide bonds. The summed E-state index contributed by atoms with van der Waals surface area (Å²) >= 11 is 7.44. The van der Waals surface area contributed by atoms with Crippen LogP contribution in [-0.2, 0) is 11.3 Å². The highest BCUT2D eigenvalue weighted by molar-refractivity contribution is 7.11. The molecule has 0 spiro atoms. The number of thiazole rings is 1. The van der Waals surface area contributed by atoms with Gasteiger partial charge in [0.15, 0.2) is 16.7 Å². The van der Waals surface area contributed by atoms with E-state index in [0.29, 0.717) is 23.3 Å². The second-order valence-corrected chi connectivity index (χ2v) is 6.14. The van der Waals surface area contributed by atoms with Gasteiger partial charge in [0.2, 0.25) is 0 Å². The lowest BCUT2D eigenvalue weighted by Crippen LogP contribution is -2.03. The summed E-state index contributed by atoms with van der Waals surface area (Å²) in [5.41, 5.74) is 0. The molecule has 8 heteroatoms. The van der Waals surface area contributed by atoms with Crippen LogP contribution in [0.15, 0.2) is 12.3 Å². The third-order valence-electron chi connectivity index (χ3n) is 3.16. The standard InChI is InChI=1S/C13H15ClN4O2S/c1-19-10-5-11(14)17-18-12(10)15-6-8-7-16-13(21-8)9-3-2-4-20-9/h5,7,9H,2-4,6H2,1H3,(H,15,18)/t9-/m1/s1. The van der Waals surface area contributed by atoms with Crippen LogP contribution in [0, 0.1) is 0 Å². The molecule has 0 bridgehead atoms. The highest BCUT2D eigenvalue weighted by atomic mass is 35.5. The lowest BCUT2D eigenvalue weighted by molar-refractivity contribution is 0.111. The number of hydrogen-bond acceptors (Lipinski definition) is 7. The van der Waals surface area contributed by atoms with Crippen molar-refractivity contribution in [3.05, 3.63) is 27.3 Å². The Balaban J connectivity index is 1.65. The number of halogens is 1. The lowest BCUT2D eigenvalue weighted by Gasteiger charge is -2.08. The molecule has 2 aromatic heterocycles. The first-order chi connectivity index (χ1) is 10.3. The summed E-state index contributed by atoms with van der Waals surface area (Å²) in [5, 5.41) is 12.3. The van der Waals surface area contributed by atoms with Crippen LogP contribution in [0.25, 0.3) is 0 Å². The smallest absolute Gasteiger partial charge is 0.191 e. The minimum absolute atomic E-state index is 0.161. The van der Waals surface area contributed by atoms with Crippen molar-refractivity contribution in [2.24, 2.45) is 0 Å². The highest BCUT2D eigenvalue weighted by Crippen LogP contribution is 2.32. The fraction of sp³-hybridized carbons (Fsp3) is 0.462. The fourth-order valence-corrected chi connectivity index (χ4v) is 3.21. The van der Waals surface area contributed by atoms with Gasteiger partial charge in [0.25, 0.3) is 0 Å². The van der Waals surface area contributed by atoms with E-state index in [1.54, 1.807) is 24.5 Å².